The largest absolute Gasteiger partial charge is 0.112 e. The van der Waals surface area contributed by atoms with Gasteiger partial charge in [-0.25, -0.2) is 0 Å². The van der Waals surface area contributed by atoms with Crippen LogP contribution in [0.3, 0.4) is 0 Å². The summed E-state index contributed by atoms with van der Waals surface area (Å²) in [5, 5.41) is 3.00. The van der Waals surface area contributed by atoms with Crippen molar-refractivity contribution in [3.8, 4) is 0 Å². The molecule has 92 valence electrons. The van der Waals surface area contributed by atoms with Crippen LogP contribution in [0.15, 0.2) is 66.7 Å². The molecular formula is C17H20Si. The Balaban J connectivity index is 2.46. The topological polar surface area (TPSA) is 0 Å². The molecule has 2 aromatic rings. The predicted molar refractivity (Wildman–Crippen MR) is 83.7 cm³/mol. The fourth-order valence-corrected chi connectivity index (χ4v) is 5.46. The summed E-state index contributed by atoms with van der Waals surface area (Å²) in [4.78, 5) is 0. The predicted octanol–water partition coefficient (Wildman–Crippen LogP) is 4.24. The van der Waals surface area contributed by atoms with E-state index in [1.54, 1.807) is 0 Å². The van der Waals surface area contributed by atoms with Gasteiger partial charge in [0, 0.05) is 0 Å². The van der Waals surface area contributed by atoms with Gasteiger partial charge < -0.3 is 0 Å². The van der Waals surface area contributed by atoms with E-state index < -0.39 is 8.07 Å². The van der Waals surface area contributed by atoms with E-state index in [1.807, 2.05) is 0 Å². The van der Waals surface area contributed by atoms with E-state index in [0.717, 1.165) is 0 Å². The first-order valence-electron chi connectivity index (χ1n) is 6.44. The van der Waals surface area contributed by atoms with Crippen molar-refractivity contribution in [2.45, 2.75) is 20.0 Å². The lowest BCUT2D eigenvalue weighted by molar-refractivity contribution is 1.59. The summed E-state index contributed by atoms with van der Waals surface area (Å²) in [6.07, 6.45) is 2.29. The van der Waals surface area contributed by atoms with Crippen LogP contribution in [0, 0.1) is 0 Å². The maximum absolute atomic E-state index is 2.42. The second kappa shape index (κ2) is 5.36. The van der Waals surface area contributed by atoms with Gasteiger partial charge in [-0.15, -0.1) is 0 Å². The SMILES string of the molecule is C/C=C(\c1ccccc1)[Si](C)(C)c1ccccc1. The van der Waals surface area contributed by atoms with Gasteiger partial charge in [-0.1, -0.05) is 90.2 Å². The van der Waals surface area contributed by atoms with Crippen molar-refractivity contribution in [1.29, 1.82) is 0 Å². The normalized spacial score (nSPS) is 12.5. The molecular weight excluding hydrogens is 232 g/mol. The molecule has 0 aliphatic carbocycles. The Kier molecular flexibility index (Phi) is 3.83. The van der Waals surface area contributed by atoms with E-state index in [0.29, 0.717) is 0 Å². The molecule has 2 rings (SSSR count). The molecule has 0 aliphatic rings. The summed E-state index contributed by atoms with van der Waals surface area (Å²) in [5.74, 6) is 0. The quantitative estimate of drug-likeness (QED) is 0.717. The van der Waals surface area contributed by atoms with Gasteiger partial charge in [0.05, 0.1) is 0 Å². The third-order valence-corrected chi connectivity index (χ3v) is 7.24. The lowest BCUT2D eigenvalue weighted by Crippen LogP contribution is -2.42. The summed E-state index contributed by atoms with van der Waals surface area (Å²) in [7, 11) is -1.59. The molecule has 0 fully saturated rings. The monoisotopic (exact) mass is 252 g/mol. The highest BCUT2D eigenvalue weighted by atomic mass is 28.3. The van der Waals surface area contributed by atoms with Crippen molar-refractivity contribution < 1.29 is 0 Å². The first-order valence-corrected chi connectivity index (χ1v) is 9.44. The third kappa shape index (κ3) is 2.46. The highest BCUT2D eigenvalue weighted by Crippen LogP contribution is 2.25. The second-order valence-corrected chi connectivity index (χ2v) is 9.43. The molecule has 0 radical (unpaired) electrons. The third-order valence-electron chi connectivity index (χ3n) is 3.54. The zero-order chi connectivity index (χ0) is 13.0. The molecule has 0 aromatic heterocycles. The molecule has 0 atom stereocenters. The fraction of sp³-hybridized carbons (Fsp3) is 0.176. The maximum atomic E-state index is 2.42. The van der Waals surface area contributed by atoms with Crippen molar-refractivity contribution in [2.75, 3.05) is 0 Å². The van der Waals surface area contributed by atoms with Crippen molar-refractivity contribution in [3.63, 3.8) is 0 Å². The van der Waals surface area contributed by atoms with Crippen LogP contribution in [0.2, 0.25) is 13.1 Å². The highest BCUT2D eigenvalue weighted by Gasteiger charge is 2.28. The van der Waals surface area contributed by atoms with E-state index in [4.69, 9.17) is 0 Å². The standard InChI is InChI=1S/C17H20Si/c1-4-17(15-11-7-5-8-12-15)18(2,3)16-13-9-6-10-14-16/h4-14H,1-3H3/b17-4+. The Morgan fingerprint density at radius 2 is 1.33 bits per heavy atom. The Labute approximate surface area is 111 Å². The van der Waals surface area contributed by atoms with Crippen LogP contribution in [0.5, 0.6) is 0 Å². The van der Waals surface area contributed by atoms with Gasteiger partial charge in [-0.3, -0.25) is 0 Å². The summed E-state index contributed by atoms with van der Waals surface area (Å²) in [5.41, 5.74) is 1.36. The van der Waals surface area contributed by atoms with Crippen molar-refractivity contribution >= 4 is 18.5 Å². The molecule has 0 spiro atoms. The Bertz CT molecular complexity index is 524. The van der Waals surface area contributed by atoms with Gasteiger partial charge in [0.25, 0.3) is 0 Å². The molecule has 0 nitrogen and oxygen atoms in total. The summed E-state index contributed by atoms with van der Waals surface area (Å²) in [6, 6.07) is 21.6. The number of hydrogen-bond donors (Lipinski definition) is 0. The summed E-state index contributed by atoms with van der Waals surface area (Å²) >= 11 is 0. The molecule has 2 aromatic carbocycles. The van der Waals surface area contributed by atoms with Crippen LogP contribution in [0.25, 0.3) is 5.20 Å². The molecule has 0 N–H and O–H groups in total. The Morgan fingerprint density at radius 3 is 1.83 bits per heavy atom. The van der Waals surface area contributed by atoms with E-state index in [9.17, 15) is 0 Å². The molecule has 0 saturated heterocycles. The number of allylic oxidation sites excluding steroid dienone is 1. The minimum absolute atomic E-state index is 1.36. The minimum Gasteiger partial charge on any atom is -0.0874 e. The lowest BCUT2D eigenvalue weighted by atomic mass is 10.2. The molecule has 0 saturated carbocycles. The molecule has 0 amide bonds. The fourth-order valence-electron chi connectivity index (χ4n) is 2.52. The molecule has 0 heterocycles. The van der Waals surface area contributed by atoms with Crippen LogP contribution in [-0.4, -0.2) is 8.07 Å². The van der Waals surface area contributed by atoms with Gasteiger partial charge in [0.1, 0.15) is 8.07 Å². The van der Waals surface area contributed by atoms with E-state index >= 15 is 0 Å². The first kappa shape index (κ1) is 12.8. The van der Waals surface area contributed by atoms with Gasteiger partial charge >= 0.3 is 0 Å². The van der Waals surface area contributed by atoms with Crippen molar-refractivity contribution in [3.05, 3.63) is 72.3 Å². The van der Waals surface area contributed by atoms with Gasteiger partial charge in [-0.2, -0.15) is 0 Å². The zero-order valence-corrected chi connectivity index (χ0v) is 12.4. The van der Waals surface area contributed by atoms with E-state index in [2.05, 4.69) is 86.8 Å². The molecule has 18 heavy (non-hydrogen) atoms. The lowest BCUT2D eigenvalue weighted by Gasteiger charge is -2.27. The van der Waals surface area contributed by atoms with E-state index in [-0.39, 0.29) is 0 Å². The number of benzene rings is 2. The van der Waals surface area contributed by atoms with Crippen LogP contribution < -0.4 is 5.19 Å². The van der Waals surface area contributed by atoms with Crippen LogP contribution in [-0.2, 0) is 0 Å². The number of rotatable bonds is 3. The second-order valence-electron chi connectivity index (χ2n) is 5.06. The maximum Gasteiger partial charge on any atom is 0.112 e. The average molecular weight is 252 g/mol. The highest BCUT2D eigenvalue weighted by molar-refractivity contribution is 7.04. The molecule has 0 aliphatic heterocycles. The van der Waals surface area contributed by atoms with Crippen LogP contribution in [0.4, 0.5) is 0 Å². The summed E-state index contributed by atoms with van der Waals surface area (Å²) < 4.78 is 0. The smallest absolute Gasteiger partial charge is 0.0874 e. The van der Waals surface area contributed by atoms with Crippen LogP contribution in [0.1, 0.15) is 12.5 Å². The first-order chi connectivity index (χ1) is 8.66. The van der Waals surface area contributed by atoms with Gasteiger partial charge in [0.15, 0.2) is 0 Å². The summed E-state index contributed by atoms with van der Waals surface area (Å²) in [6.45, 7) is 7.00. The van der Waals surface area contributed by atoms with Crippen molar-refractivity contribution in [1.82, 2.24) is 0 Å². The molecule has 0 bridgehead atoms. The average Bonchev–Trinajstić information content (AvgIpc) is 2.41. The van der Waals surface area contributed by atoms with E-state index in [1.165, 1.54) is 15.9 Å². The zero-order valence-electron chi connectivity index (χ0n) is 11.4. The minimum atomic E-state index is -1.59. The molecule has 1 heteroatoms. The van der Waals surface area contributed by atoms with Crippen LogP contribution >= 0.6 is 0 Å². The Hall–Kier alpha value is -1.60. The Morgan fingerprint density at radius 1 is 0.833 bits per heavy atom. The van der Waals surface area contributed by atoms with Crippen molar-refractivity contribution in [2.24, 2.45) is 0 Å². The van der Waals surface area contributed by atoms with Gasteiger partial charge in [0.2, 0.25) is 0 Å². The van der Waals surface area contributed by atoms with Gasteiger partial charge in [-0.05, 0) is 12.5 Å². The number of hydrogen-bond acceptors (Lipinski definition) is 0. The molecule has 0 unspecified atom stereocenters.